The first-order chi connectivity index (χ1) is 9.29. The van der Waals surface area contributed by atoms with Gasteiger partial charge in [-0.05, 0) is 24.7 Å². The van der Waals surface area contributed by atoms with Gasteiger partial charge in [0.1, 0.15) is 17.7 Å². The van der Waals surface area contributed by atoms with Crippen molar-refractivity contribution in [3.63, 3.8) is 0 Å². The van der Waals surface area contributed by atoms with E-state index in [0.717, 1.165) is 12.2 Å². The Morgan fingerprint density at radius 3 is 2.63 bits per heavy atom. The van der Waals surface area contributed by atoms with Gasteiger partial charge in [0.2, 0.25) is 0 Å². The molecule has 1 N–H and O–H groups in total. The number of hydrogen-bond donors (Lipinski definition) is 1. The summed E-state index contributed by atoms with van der Waals surface area (Å²) in [4.78, 5) is 0. The van der Waals surface area contributed by atoms with E-state index in [2.05, 4.69) is 11.4 Å². The first-order valence-electron chi connectivity index (χ1n) is 6.46. The lowest BCUT2D eigenvalue weighted by Crippen LogP contribution is -2.33. The van der Waals surface area contributed by atoms with Crippen molar-refractivity contribution >= 4 is 0 Å². The molecule has 1 heterocycles. The minimum atomic E-state index is -0.193. The third-order valence-electron chi connectivity index (χ3n) is 3.60. The van der Waals surface area contributed by atoms with E-state index in [9.17, 15) is 4.39 Å². The maximum Gasteiger partial charge on any atom is 0.128 e. The molecule has 0 saturated carbocycles. The summed E-state index contributed by atoms with van der Waals surface area (Å²) in [7, 11) is 1.84. The Bertz CT molecular complexity index is 559. The monoisotopic (exact) mass is 257 g/mol. The van der Waals surface area contributed by atoms with Crippen LogP contribution in [0.3, 0.4) is 0 Å². The van der Waals surface area contributed by atoms with Crippen LogP contribution in [0.2, 0.25) is 0 Å². The SMILES string of the molecule is CNC(c1ccccc1F)C1Cc2ccccc2O1. The van der Waals surface area contributed by atoms with E-state index in [1.54, 1.807) is 6.07 Å². The maximum atomic E-state index is 13.9. The number of likely N-dealkylation sites (N-methyl/N-ethyl adjacent to an activating group) is 1. The van der Waals surface area contributed by atoms with Gasteiger partial charge in [-0.2, -0.15) is 0 Å². The van der Waals surface area contributed by atoms with Crippen molar-refractivity contribution in [2.45, 2.75) is 18.6 Å². The normalized spacial score (nSPS) is 18.7. The summed E-state index contributed by atoms with van der Waals surface area (Å²) in [5.41, 5.74) is 1.84. The van der Waals surface area contributed by atoms with Gasteiger partial charge in [0.05, 0.1) is 6.04 Å². The first-order valence-corrected chi connectivity index (χ1v) is 6.46. The summed E-state index contributed by atoms with van der Waals surface area (Å²) < 4.78 is 19.9. The van der Waals surface area contributed by atoms with Gasteiger partial charge in [-0.3, -0.25) is 0 Å². The molecule has 0 amide bonds. The Morgan fingerprint density at radius 2 is 1.89 bits per heavy atom. The van der Waals surface area contributed by atoms with Gasteiger partial charge >= 0.3 is 0 Å². The number of nitrogens with one attached hydrogen (secondary N) is 1. The summed E-state index contributed by atoms with van der Waals surface area (Å²) in [5, 5.41) is 3.17. The van der Waals surface area contributed by atoms with Gasteiger partial charge in [0, 0.05) is 12.0 Å². The van der Waals surface area contributed by atoms with Crippen LogP contribution in [0.4, 0.5) is 4.39 Å². The Labute approximate surface area is 112 Å². The largest absolute Gasteiger partial charge is 0.488 e. The van der Waals surface area contributed by atoms with Gasteiger partial charge < -0.3 is 10.1 Å². The summed E-state index contributed by atoms with van der Waals surface area (Å²) in [6, 6.07) is 14.7. The molecule has 1 aliphatic heterocycles. The number of para-hydroxylation sites is 1. The molecule has 2 aromatic rings. The second-order valence-corrected chi connectivity index (χ2v) is 4.76. The fourth-order valence-electron chi connectivity index (χ4n) is 2.66. The van der Waals surface area contributed by atoms with E-state index in [1.807, 2.05) is 37.4 Å². The lowest BCUT2D eigenvalue weighted by Gasteiger charge is -2.23. The van der Waals surface area contributed by atoms with Gasteiger partial charge in [-0.1, -0.05) is 36.4 Å². The molecule has 0 saturated heterocycles. The third-order valence-corrected chi connectivity index (χ3v) is 3.60. The quantitative estimate of drug-likeness (QED) is 0.912. The summed E-state index contributed by atoms with van der Waals surface area (Å²) in [5.74, 6) is 0.713. The van der Waals surface area contributed by atoms with Crippen molar-refractivity contribution in [3.05, 3.63) is 65.5 Å². The molecule has 0 fully saturated rings. The van der Waals surface area contributed by atoms with Crippen molar-refractivity contribution in [2.24, 2.45) is 0 Å². The fourth-order valence-corrected chi connectivity index (χ4v) is 2.66. The highest BCUT2D eigenvalue weighted by atomic mass is 19.1. The molecule has 2 atom stereocenters. The third kappa shape index (κ3) is 2.22. The number of ether oxygens (including phenoxy) is 1. The lowest BCUT2D eigenvalue weighted by molar-refractivity contribution is 0.181. The molecule has 2 nitrogen and oxygen atoms in total. The Kier molecular flexibility index (Phi) is 3.22. The predicted molar refractivity (Wildman–Crippen MR) is 72.8 cm³/mol. The summed E-state index contributed by atoms with van der Waals surface area (Å²) in [6.07, 6.45) is 0.732. The highest BCUT2D eigenvalue weighted by Crippen LogP contribution is 2.34. The minimum absolute atomic E-state index is 0.0701. The molecule has 0 bridgehead atoms. The van der Waals surface area contributed by atoms with E-state index in [-0.39, 0.29) is 18.0 Å². The molecule has 2 unspecified atom stereocenters. The second kappa shape index (κ2) is 5.02. The second-order valence-electron chi connectivity index (χ2n) is 4.76. The highest BCUT2D eigenvalue weighted by molar-refractivity contribution is 5.38. The van der Waals surface area contributed by atoms with Crippen LogP contribution in [0.25, 0.3) is 0 Å². The van der Waals surface area contributed by atoms with Gasteiger partial charge in [-0.25, -0.2) is 4.39 Å². The van der Waals surface area contributed by atoms with Crippen molar-refractivity contribution in [1.82, 2.24) is 5.32 Å². The van der Waals surface area contributed by atoms with Crippen LogP contribution >= 0.6 is 0 Å². The molecule has 0 radical (unpaired) electrons. The number of benzene rings is 2. The molecule has 2 aromatic carbocycles. The zero-order valence-corrected chi connectivity index (χ0v) is 10.8. The molecule has 3 heteroatoms. The maximum absolute atomic E-state index is 13.9. The smallest absolute Gasteiger partial charge is 0.128 e. The van der Waals surface area contributed by atoms with Crippen molar-refractivity contribution in [2.75, 3.05) is 7.05 Å². The van der Waals surface area contributed by atoms with Gasteiger partial charge in [0.25, 0.3) is 0 Å². The van der Waals surface area contributed by atoms with Crippen LogP contribution in [0.1, 0.15) is 17.2 Å². The fraction of sp³-hybridized carbons (Fsp3) is 0.250. The van der Waals surface area contributed by atoms with E-state index in [4.69, 9.17) is 4.74 Å². The zero-order valence-electron chi connectivity index (χ0n) is 10.8. The molecule has 98 valence electrons. The van der Waals surface area contributed by atoms with Crippen molar-refractivity contribution in [1.29, 1.82) is 0 Å². The number of hydrogen-bond acceptors (Lipinski definition) is 2. The topological polar surface area (TPSA) is 21.3 Å². The molecule has 1 aliphatic rings. The Morgan fingerprint density at radius 1 is 1.16 bits per heavy atom. The van der Waals surface area contributed by atoms with Crippen LogP contribution in [-0.2, 0) is 6.42 Å². The number of rotatable bonds is 3. The summed E-state index contributed by atoms with van der Waals surface area (Å²) >= 11 is 0. The van der Waals surface area contributed by atoms with Crippen LogP contribution in [0.5, 0.6) is 5.75 Å². The molecule has 3 rings (SSSR count). The van der Waals surface area contributed by atoms with Crippen LogP contribution in [0.15, 0.2) is 48.5 Å². The standard InChI is InChI=1S/C16H16FNO/c1-18-16(12-7-3-4-8-13(12)17)15-10-11-6-2-5-9-14(11)19-15/h2-9,15-16,18H,10H2,1H3. The Hall–Kier alpha value is -1.87. The van der Waals surface area contributed by atoms with Crippen LogP contribution in [-0.4, -0.2) is 13.2 Å². The van der Waals surface area contributed by atoms with E-state index < -0.39 is 0 Å². The molecule has 0 aromatic heterocycles. The zero-order chi connectivity index (χ0) is 13.2. The molecular formula is C16H16FNO. The van der Waals surface area contributed by atoms with Crippen molar-refractivity contribution < 1.29 is 9.13 Å². The van der Waals surface area contributed by atoms with E-state index >= 15 is 0 Å². The average molecular weight is 257 g/mol. The van der Waals surface area contributed by atoms with E-state index in [0.29, 0.717) is 5.56 Å². The predicted octanol–water partition coefficient (Wildman–Crippen LogP) is 3.09. The highest BCUT2D eigenvalue weighted by Gasteiger charge is 2.31. The van der Waals surface area contributed by atoms with Crippen molar-refractivity contribution in [3.8, 4) is 5.75 Å². The lowest BCUT2D eigenvalue weighted by atomic mass is 9.97. The molecule has 0 spiro atoms. The first kappa shape index (κ1) is 12.2. The average Bonchev–Trinajstić information content (AvgIpc) is 2.85. The minimum Gasteiger partial charge on any atom is -0.488 e. The molecule has 19 heavy (non-hydrogen) atoms. The molecular weight excluding hydrogens is 241 g/mol. The van der Waals surface area contributed by atoms with Crippen LogP contribution in [0, 0.1) is 5.82 Å². The van der Waals surface area contributed by atoms with E-state index in [1.165, 1.54) is 11.6 Å². The van der Waals surface area contributed by atoms with Gasteiger partial charge in [0.15, 0.2) is 0 Å². The molecule has 0 aliphatic carbocycles. The van der Waals surface area contributed by atoms with Crippen LogP contribution < -0.4 is 10.1 Å². The number of halogens is 1. The number of fused-ring (bicyclic) bond motifs is 1. The Balaban J connectivity index is 1.88. The van der Waals surface area contributed by atoms with Gasteiger partial charge in [-0.15, -0.1) is 0 Å². The summed E-state index contributed by atoms with van der Waals surface area (Å²) in [6.45, 7) is 0.